The summed E-state index contributed by atoms with van der Waals surface area (Å²) in [7, 11) is -0.422. The Bertz CT molecular complexity index is 464. The van der Waals surface area contributed by atoms with E-state index in [1.165, 1.54) is 0 Å². The Labute approximate surface area is 116 Å². The third-order valence-electron chi connectivity index (χ3n) is 4.20. The van der Waals surface area contributed by atoms with Crippen LogP contribution in [0.15, 0.2) is 18.2 Å². The molecule has 1 fully saturated rings. The summed E-state index contributed by atoms with van der Waals surface area (Å²) in [6.07, 6.45) is -0.533. The van der Waals surface area contributed by atoms with Gasteiger partial charge in [0.05, 0.1) is 17.3 Å². The number of aliphatic hydroxyl groups is 1. The van der Waals surface area contributed by atoms with Crippen molar-refractivity contribution >= 4 is 12.6 Å². The van der Waals surface area contributed by atoms with Gasteiger partial charge in [0.25, 0.3) is 0 Å². The molecule has 19 heavy (non-hydrogen) atoms. The van der Waals surface area contributed by atoms with Gasteiger partial charge in [-0.25, -0.2) is 0 Å². The molecule has 0 aromatic heterocycles. The van der Waals surface area contributed by atoms with E-state index in [1.54, 1.807) is 6.92 Å². The average molecular weight is 262 g/mol. The molecule has 1 aliphatic rings. The second-order valence-electron chi connectivity index (χ2n) is 6.40. The molecular formula is C15H23BO3. The zero-order valence-corrected chi connectivity index (χ0v) is 12.7. The summed E-state index contributed by atoms with van der Waals surface area (Å²) in [5, 5.41) is 9.90. The smallest absolute Gasteiger partial charge is 0.399 e. The van der Waals surface area contributed by atoms with Gasteiger partial charge in [-0.05, 0) is 52.6 Å². The molecule has 4 heteroatoms. The van der Waals surface area contributed by atoms with Gasteiger partial charge in [0, 0.05) is 0 Å². The van der Waals surface area contributed by atoms with Gasteiger partial charge in [0.15, 0.2) is 0 Å². The third-order valence-corrected chi connectivity index (χ3v) is 4.20. The van der Waals surface area contributed by atoms with Crippen LogP contribution < -0.4 is 5.46 Å². The molecule has 1 saturated heterocycles. The molecule has 1 aromatic rings. The minimum atomic E-state index is -0.533. The minimum Gasteiger partial charge on any atom is -0.399 e. The highest BCUT2D eigenvalue weighted by molar-refractivity contribution is 6.62. The number of benzene rings is 1. The molecule has 0 bridgehead atoms. The van der Waals surface area contributed by atoms with E-state index in [9.17, 15) is 5.11 Å². The van der Waals surface area contributed by atoms with Gasteiger partial charge in [-0.15, -0.1) is 0 Å². The lowest BCUT2D eigenvalue weighted by atomic mass is 9.74. The highest BCUT2D eigenvalue weighted by atomic mass is 16.7. The van der Waals surface area contributed by atoms with Gasteiger partial charge in [0.1, 0.15) is 0 Å². The van der Waals surface area contributed by atoms with Crippen LogP contribution in [0, 0.1) is 6.92 Å². The van der Waals surface area contributed by atoms with Gasteiger partial charge in [-0.2, -0.15) is 0 Å². The second kappa shape index (κ2) is 4.62. The zero-order valence-electron chi connectivity index (χ0n) is 12.7. The van der Waals surface area contributed by atoms with Crippen LogP contribution in [-0.2, 0) is 9.31 Å². The highest BCUT2D eigenvalue weighted by Gasteiger charge is 2.52. The SMILES string of the molecule is Cc1ccc(C(C)O)c(B2OC(C)(C)C(C)(C)O2)c1. The van der Waals surface area contributed by atoms with Crippen LogP contribution in [0.1, 0.15) is 51.8 Å². The molecule has 1 heterocycles. The maximum atomic E-state index is 9.90. The molecule has 0 saturated carbocycles. The first-order valence-corrected chi connectivity index (χ1v) is 6.78. The molecule has 3 nitrogen and oxygen atoms in total. The number of aryl methyl sites for hydroxylation is 1. The van der Waals surface area contributed by atoms with Crippen molar-refractivity contribution in [3.05, 3.63) is 29.3 Å². The van der Waals surface area contributed by atoms with Crippen LogP contribution in [0.3, 0.4) is 0 Å². The summed E-state index contributed by atoms with van der Waals surface area (Å²) >= 11 is 0. The summed E-state index contributed by atoms with van der Waals surface area (Å²) < 4.78 is 12.1. The van der Waals surface area contributed by atoms with Crippen LogP contribution in [0.25, 0.3) is 0 Å². The van der Waals surface area contributed by atoms with Crippen LogP contribution in [0.2, 0.25) is 0 Å². The van der Waals surface area contributed by atoms with Crippen LogP contribution >= 0.6 is 0 Å². The first-order valence-electron chi connectivity index (χ1n) is 6.78. The lowest BCUT2D eigenvalue weighted by Gasteiger charge is -2.32. The van der Waals surface area contributed by atoms with Crippen molar-refractivity contribution < 1.29 is 14.4 Å². The molecule has 1 aromatic carbocycles. The van der Waals surface area contributed by atoms with Crippen molar-refractivity contribution in [2.75, 3.05) is 0 Å². The van der Waals surface area contributed by atoms with Gasteiger partial charge in [-0.3, -0.25) is 0 Å². The molecule has 0 spiro atoms. The number of aliphatic hydroxyl groups excluding tert-OH is 1. The largest absolute Gasteiger partial charge is 0.495 e. The molecule has 2 rings (SSSR count). The monoisotopic (exact) mass is 262 g/mol. The molecule has 1 aliphatic heterocycles. The Morgan fingerprint density at radius 3 is 2.11 bits per heavy atom. The summed E-state index contributed by atoms with van der Waals surface area (Å²) in [6, 6.07) is 5.97. The molecule has 0 radical (unpaired) electrons. The molecule has 0 amide bonds. The summed E-state index contributed by atoms with van der Waals surface area (Å²) in [4.78, 5) is 0. The van der Waals surface area contributed by atoms with E-state index in [4.69, 9.17) is 9.31 Å². The van der Waals surface area contributed by atoms with Crippen LogP contribution in [0.4, 0.5) is 0 Å². The Morgan fingerprint density at radius 2 is 1.63 bits per heavy atom. The minimum absolute atomic E-state index is 0.364. The molecule has 1 unspecified atom stereocenters. The fraction of sp³-hybridized carbons (Fsp3) is 0.600. The van der Waals surface area contributed by atoms with Crippen molar-refractivity contribution in [3.63, 3.8) is 0 Å². The molecule has 104 valence electrons. The van der Waals surface area contributed by atoms with Crippen molar-refractivity contribution in [3.8, 4) is 0 Å². The summed E-state index contributed by atoms with van der Waals surface area (Å²) in [5.41, 5.74) is 2.20. The maximum absolute atomic E-state index is 9.90. The quantitative estimate of drug-likeness (QED) is 0.831. The second-order valence-corrected chi connectivity index (χ2v) is 6.40. The van der Waals surface area contributed by atoms with Gasteiger partial charge in [0.2, 0.25) is 0 Å². The van der Waals surface area contributed by atoms with Gasteiger partial charge < -0.3 is 14.4 Å². The topological polar surface area (TPSA) is 38.7 Å². The third kappa shape index (κ3) is 2.57. The normalized spacial score (nSPS) is 22.6. The van der Waals surface area contributed by atoms with E-state index in [0.29, 0.717) is 0 Å². The van der Waals surface area contributed by atoms with E-state index in [-0.39, 0.29) is 11.2 Å². The van der Waals surface area contributed by atoms with Crippen LogP contribution in [-0.4, -0.2) is 23.4 Å². The predicted octanol–water partition coefficient (Wildman–Crippen LogP) is 2.35. The summed E-state index contributed by atoms with van der Waals surface area (Å²) in [6.45, 7) is 11.9. The molecule has 1 N–H and O–H groups in total. The zero-order chi connectivity index (χ0) is 14.4. The predicted molar refractivity (Wildman–Crippen MR) is 77.5 cm³/mol. The van der Waals surface area contributed by atoms with E-state index in [2.05, 4.69) is 0 Å². The maximum Gasteiger partial charge on any atom is 0.495 e. The average Bonchev–Trinajstić information content (AvgIpc) is 2.47. The Kier molecular flexibility index (Phi) is 3.54. The number of hydrogen-bond acceptors (Lipinski definition) is 3. The van der Waals surface area contributed by atoms with E-state index < -0.39 is 13.2 Å². The van der Waals surface area contributed by atoms with E-state index >= 15 is 0 Å². The van der Waals surface area contributed by atoms with Crippen LogP contribution in [0.5, 0.6) is 0 Å². The Hall–Kier alpha value is -0.835. The Balaban J connectivity index is 2.41. The van der Waals surface area contributed by atoms with Crippen molar-refractivity contribution in [2.24, 2.45) is 0 Å². The first-order chi connectivity index (χ1) is 8.64. The lowest BCUT2D eigenvalue weighted by Crippen LogP contribution is -2.41. The molecule has 1 atom stereocenters. The molecule has 0 aliphatic carbocycles. The van der Waals surface area contributed by atoms with Crippen molar-refractivity contribution in [1.82, 2.24) is 0 Å². The van der Waals surface area contributed by atoms with Gasteiger partial charge >= 0.3 is 7.12 Å². The summed E-state index contributed by atoms with van der Waals surface area (Å²) in [5.74, 6) is 0. The standard InChI is InChI=1S/C15H23BO3/c1-10-7-8-12(11(2)17)13(9-10)16-18-14(3,4)15(5,6)19-16/h7-9,11,17H,1-6H3. The fourth-order valence-corrected chi connectivity index (χ4v) is 2.25. The molecular weight excluding hydrogens is 239 g/mol. The fourth-order valence-electron chi connectivity index (χ4n) is 2.25. The highest BCUT2D eigenvalue weighted by Crippen LogP contribution is 2.37. The van der Waals surface area contributed by atoms with Crippen molar-refractivity contribution in [1.29, 1.82) is 0 Å². The lowest BCUT2D eigenvalue weighted by molar-refractivity contribution is 0.00578. The number of rotatable bonds is 2. The van der Waals surface area contributed by atoms with E-state index in [0.717, 1.165) is 16.6 Å². The first kappa shape index (κ1) is 14.6. The number of hydrogen-bond donors (Lipinski definition) is 1. The van der Waals surface area contributed by atoms with Gasteiger partial charge in [-0.1, -0.05) is 23.8 Å². The van der Waals surface area contributed by atoms with E-state index in [1.807, 2.05) is 52.8 Å². The van der Waals surface area contributed by atoms with Crippen molar-refractivity contribution in [2.45, 2.75) is 58.8 Å². The Morgan fingerprint density at radius 1 is 1.11 bits per heavy atom.